The average molecular weight is 429 g/mol. The van der Waals surface area contributed by atoms with Crippen molar-refractivity contribution in [3.8, 4) is 11.5 Å². The van der Waals surface area contributed by atoms with E-state index < -0.39 is 5.82 Å². The van der Waals surface area contributed by atoms with Gasteiger partial charge in [-0.25, -0.2) is 4.39 Å². The van der Waals surface area contributed by atoms with Crippen molar-refractivity contribution >= 4 is 55.1 Å². The molecule has 0 atom stereocenters. The predicted octanol–water partition coefficient (Wildman–Crippen LogP) is 6.54. The summed E-state index contributed by atoms with van der Waals surface area (Å²) < 4.78 is 20.4. The Morgan fingerprint density at radius 2 is 1.84 bits per heavy atom. The molecule has 0 N–H and O–H groups in total. The molecule has 2 rings (SSSR count). The third kappa shape index (κ3) is 3.63. The highest BCUT2D eigenvalue weighted by molar-refractivity contribution is 9.10. The van der Waals surface area contributed by atoms with E-state index in [-0.39, 0.29) is 5.02 Å². The molecule has 0 spiro atoms. The lowest BCUT2D eigenvalue weighted by Gasteiger charge is -2.10. The van der Waals surface area contributed by atoms with Crippen molar-refractivity contribution in [2.45, 2.75) is 5.88 Å². The fourth-order valence-electron chi connectivity index (χ4n) is 1.41. The second-order valence-electron chi connectivity index (χ2n) is 3.69. The van der Waals surface area contributed by atoms with Crippen LogP contribution in [-0.2, 0) is 5.88 Å². The lowest BCUT2D eigenvalue weighted by atomic mass is 10.2. The number of hydrogen-bond acceptors (Lipinski definition) is 1. The fourth-order valence-corrected chi connectivity index (χ4v) is 3.02. The normalized spacial score (nSPS) is 10.6. The summed E-state index contributed by atoms with van der Waals surface area (Å²) in [6.07, 6.45) is 0. The Bertz CT molecular complexity index is 620. The van der Waals surface area contributed by atoms with Crippen molar-refractivity contribution in [1.82, 2.24) is 0 Å². The maximum Gasteiger partial charge on any atom is 0.145 e. The van der Waals surface area contributed by atoms with Crippen LogP contribution in [0.4, 0.5) is 4.39 Å². The first-order valence-electron chi connectivity index (χ1n) is 5.18. The summed E-state index contributed by atoms with van der Waals surface area (Å²) in [4.78, 5) is 0. The van der Waals surface area contributed by atoms with Crippen LogP contribution in [0, 0.1) is 5.82 Å². The quantitative estimate of drug-likeness (QED) is 0.398. The molecule has 2 aromatic carbocycles. The van der Waals surface area contributed by atoms with Crippen LogP contribution in [-0.4, -0.2) is 0 Å². The van der Waals surface area contributed by atoms with Crippen molar-refractivity contribution in [3.05, 3.63) is 55.7 Å². The van der Waals surface area contributed by atoms with Crippen LogP contribution >= 0.6 is 55.1 Å². The van der Waals surface area contributed by atoms with Crippen molar-refractivity contribution in [3.63, 3.8) is 0 Å². The van der Waals surface area contributed by atoms with Gasteiger partial charge in [-0.3, -0.25) is 0 Å². The molecule has 0 saturated heterocycles. The molecule has 0 fully saturated rings. The molecule has 0 aliphatic rings. The van der Waals surface area contributed by atoms with E-state index in [1.807, 2.05) is 6.07 Å². The van der Waals surface area contributed by atoms with E-state index in [1.54, 1.807) is 12.1 Å². The summed E-state index contributed by atoms with van der Waals surface area (Å²) in [7, 11) is 0. The molecule has 0 radical (unpaired) electrons. The van der Waals surface area contributed by atoms with Gasteiger partial charge in [-0.15, -0.1) is 11.6 Å². The molecule has 19 heavy (non-hydrogen) atoms. The summed E-state index contributed by atoms with van der Waals surface area (Å²) >= 11 is 18.1. The number of rotatable bonds is 3. The third-order valence-electron chi connectivity index (χ3n) is 2.37. The summed E-state index contributed by atoms with van der Waals surface area (Å²) in [5, 5.41) is 0.0397. The van der Waals surface area contributed by atoms with Crippen LogP contribution in [0.1, 0.15) is 5.56 Å². The fraction of sp³-hybridized carbons (Fsp3) is 0.0769. The van der Waals surface area contributed by atoms with E-state index in [2.05, 4.69) is 31.9 Å². The molecule has 0 unspecified atom stereocenters. The van der Waals surface area contributed by atoms with Crippen LogP contribution < -0.4 is 4.74 Å². The minimum absolute atomic E-state index is 0.0397. The third-order valence-corrected chi connectivity index (χ3v) is 4.31. The number of alkyl halides is 1. The Kier molecular flexibility index (Phi) is 5.12. The van der Waals surface area contributed by atoms with E-state index in [4.69, 9.17) is 27.9 Å². The molecule has 0 aliphatic heterocycles. The molecule has 2 aromatic rings. The number of ether oxygens (including phenoxy) is 1. The molecule has 0 aliphatic carbocycles. The molecule has 0 amide bonds. The molecular formula is C13H7Br2Cl2FO. The van der Waals surface area contributed by atoms with E-state index in [0.29, 0.717) is 21.9 Å². The van der Waals surface area contributed by atoms with Gasteiger partial charge in [0, 0.05) is 16.4 Å². The molecule has 1 nitrogen and oxygen atoms in total. The molecule has 6 heteroatoms. The van der Waals surface area contributed by atoms with Crippen molar-refractivity contribution in [1.29, 1.82) is 0 Å². The molecule has 0 aromatic heterocycles. The minimum atomic E-state index is -0.531. The van der Waals surface area contributed by atoms with E-state index in [0.717, 1.165) is 10.0 Å². The zero-order valence-corrected chi connectivity index (χ0v) is 14.1. The predicted molar refractivity (Wildman–Crippen MR) is 82.9 cm³/mol. The van der Waals surface area contributed by atoms with Gasteiger partial charge in [0.05, 0.1) is 9.50 Å². The summed E-state index contributed by atoms with van der Waals surface area (Å²) in [6, 6.07) is 8.06. The minimum Gasteiger partial charge on any atom is -0.456 e. The first kappa shape index (κ1) is 15.1. The highest BCUT2D eigenvalue weighted by Crippen LogP contribution is 2.35. The average Bonchev–Trinajstić information content (AvgIpc) is 2.36. The zero-order valence-electron chi connectivity index (χ0n) is 9.39. The molecule has 0 bridgehead atoms. The van der Waals surface area contributed by atoms with E-state index >= 15 is 0 Å². The van der Waals surface area contributed by atoms with Gasteiger partial charge >= 0.3 is 0 Å². The number of halogens is 5. The van der Waals surface area contributed by atoms with Crippen molar-refractivity contribution in [2.24, 2.45) is 0 Å². The van der Waals surface area contributed by atoms with Gasteiger partial charge in [0.1, 0.15) is 17.3 Å². The van der Waals surface area contributed by atoms with Gasteiger partial charge in [-0.2, -0.15) is 0 Å². The first-order chi connectivity index (χ1) is 9.01. The Morgan fingerprint density at radius 1 is 1.11 bits per heavy atom. The lowest BCUT2D eigenvalue weighted by Crippen LogP contribution is -1.89. The molecular weight excluding hydrogens is 422 g/mol. The van der Waals surface area contributed by atoms with Crippen molar-refractivity contribution in [2.75, 3.05) is 0 Å². The first-order valence-corrected chi connectivity index (χ1v) is 7.68. The summed E-state index contributed by atoms with van der Waals surface area (Å²) in [6.45, 7) is 0. The summed E-state index contributed by atoms with van der Waals surface area (Å²) in [5.41, 5.74) is 0.954. The lowest BCUT2D eigenvalue weighted by molar-refractivity contribution is 0.473. The van der Waals surface area contributed by atoms with Gasteiger partial charge in [0.2, 0.25) is 0 Å². The maximum atomic E-state index is 13.4. The largest absolute Gasteiger partial charge is 0.456 e. The number of hydrogen-bond donors (Lipinski definition) is 0. The van der Waals surface area contributed by atoms with Crippen LogP contribution in [0.25, 0.3) is 0 Å². The molecule has 100 valence electrons. The van der Waals surface area contributed by atoms with Gasteiger partial charge in [-0.05, 0) is 39.7 Å². The second-order valence-corrected chi connectivity index (χ2v) is 6.07. The van der Waals surface area contributed by atoms with E-state index in [1.165, 1.54) is 12.1 Å². The molecule has 0 saturated carbocycles. The van der Waals surface area contributed by atoms with Crippen molar-refractivity contribution < 1.29 is 9.13 Å². The van der Waals surface area contributed by atoms with E-state index in [9.17, 15) is 4.39 Å². The monoisotopic (exact) mass is 426 g/mol. The Hall–Kier alpha value is -0.290. The van der Waals surface area contributed by atoms with Crippen LogP contribution in [0.3, 0.4) is 0 Å². The Balaban J connectivity index is 2.31. The Labute approximate surface area is 136 Å². The zero-order chi connectivity index (χ0) is 14.0. The standard InChI is InChI=1S/C13H7Br2Cl2FO/c14-9-3-8(2-1-7(9)6-16)19-13-5-12(18)11(17)4-10(13)15/h1-5H,6H2. The SMILES string of the molecule is Fc1cc(Oc2ccc(CCl)c(Br)c2)c(Br)cc1Cl. The summed E-state index contributed by atoms with van der Waals surface area (Å²) in [5.74, 6) is 0.798. The highest BCUT2D eigenvalue weighted by Gasteiger charge is 2.10. The smallest absolute Gasteiger partial charge is 0.145 e. The second kappa shape index (κ2) is 6.44. The van der Waals surface area contributed by atoms with Crippen LogP contribution in [0.5, 0.6) is 11.5 Å². The molecule has 0 heterocycles. The highest BCUT2D eigenvalue weighted by atomic mass is 79.9. The van der Waals surface area contributed by atoms with Gasteiger partial charge in [0.15, 0.2) is 0 Å². The van der Waals surface area contributed by atoms with Gasteiger partial charge < -0.3 is 4.74 Å². The van der Waals surface area contributed by atoms with Gasteiger partial charge in [-0.1, -0.05) is 33.6 Å². The van der Waals surface area contributed by atoms with Crippen LogP contribution in [0.15, 0.2) is 39.3 Å². The number of benzene rings is 2. The topological polar surface area (TPSA) is 9.23 Å². The maximum absolute atomic E-state index is 13.4. The Morgan fingerprint density at radius 3 is 2.47 bits per heavy atom. The van der Waals surface area contributed by atoms with Crippen LogP contribution in [0.2, 0.25) is 5.02 Å². The van der Waals surface area contributed by atoms with Gasteiger partial charge in [0.25, 0.3) is 0 Å².